The molecule has 1 amide bonds. The fourth-order valence-corrected chi connectivity index (χ4v) is 2.86. The highest BCUT2D eigenvalue weighted by molar-refractivity contribution is 5.77. The van der Waals surface area contributed by atoms with Gasteiger partial charge in [0.25, 0.3) is 0 Å². The summed E-state index contributed by atoms with van der Waals surface area (Å²) in [6.45, 7) is 7.21. The quantitative estimate of drug-likeness (QED) is 0.858. The van der Waals surface area contributed by atoms with Crippen LogP contribution in [0.3, 0.4) is 0 Å². The van der Waals surface area contributed by atoms with Gasteiger partial charge in [-0.1, -0.05) is 0 Å². The highest BCUT2D eigenvalue weighted by Crippen LogP contribution is 2.20. The first-order chi connectivity index (χ1) is 9.56. The predicted octanol–water partition coefficient (Wildman–Crippen LogP) is 1.53. The normalized spacial score (nSPS) is 20.1. The Hall–Kier alpha value is -1.36. The molecular weight excluding hydrogens is 252 g/mol. The molecule has 1 fully saturated rings. The SMILES string of the molecule is CC(C)N1CC(CN(C)CCc2cn[nH]c2)CCC1=O. The second kappa shape index (κ2) is 6.88. The summed E-state index contributed by atoms with van der Waals surface area (Å²) in [5.41, 5.74) is 1.25. The molecule has 0 aliphatic carbocycles. The molecule has 5 nitrogen and oxygen atoms in total. The Balaban J connectivity index is 1.76. The van der Waals surface area contributed by atoms with E-state index in [1.54, 1.807) is 0 Å². The molecule has 112 valence electrons. The fraction of sp³-hybridized carbons (Fsp3) is 0.733. The van der Waals surface area contributed by atoms with Crippen LogP contribution in [0.25, 0.3) is 0 Å². The largest absolute Gasteiger partial charge is 0.340 e. The molecule has 1 unspecified atom stereocenters. The van der Waals surface area contributed by atoms with Crippen LogP contribution in [0.2, 0.25) is 0 Å². The Labute approximate surface area is 121 Å². The highest BCUT2D eigenvalue weighted by atomic mass is 16.2. The number of nitrogens with one attached hydrogen (secondary N) is 1. The van der Waals surface area contributed by atoms with Gasteiger partial charge >= 0.3 is 0 Å². The number of nitrogens with zero attached hydrogens (tertiary/aromatic N) is 3. The first-order valence-electron chi connectivity index (χ1n) is 7.52. The zero-order valence-electron chi connectivity index (χ0n) is 12.8. The second-order valence-corrected chi connectivity index (χ2v) is 6.16. The standard InChI is InChI=1S/C15H26N4O/c1-12(2)19-11-14(4-5-15(19)20)10-18(3)7-6-13-8-16-17-9-13/h8-9,12,14H,4-7,10-11H2,1-3H3,(H,16,17). The third kappa shape index (κ3) is 4.07. The van der Waals surface area contributed by atoms with Crippen LogP contribution in [0.4, 0.5) is 0 Å². The molecule has 20 heavy (non-hydrogen) atoms. The summed E-state index contributed by atoms with van der Waals surface area (Å²) in [5.74, 6) is 0.918. The summed E-state index contributed by atoms with van der Waals surface area (Å²) in [5, 5.41) is 6.81. The number of aromatic amines is 1. The number of hydrogen-bond donors (Lipinski definition) is 1. The van der Waals surface area contributed by atoms with Gasteiger partial charge in [0.2, 0.25) is 5.91 Å². The van der Waals surface area contributed by atoms with E-state index in [0.29, 0.717) is 24.3 Å². The van der Waals surface area contributed by atoms with Gasteiger partial charge in [0.1, 0.15) is 0 Å². The zero-order valence-corrected chi connectivity index (χ0v) is 12.8. The van der Waals surface area contributed by atoms with E-state index in [1.165, 1.54) is 5.56 Å². The number of carbonyl (C=O) groups is 1. The third-order valence-corrected chi connectivity index (χ3v) is 4.07. The molecule has 1 aromatic rings. The summed E-state index contributed by atoms with van der Waals surface area (Å²) in [6.07, 6.45) is 6.59. The van der Waals surface area contributed by atoms with Gasteiger partial charge in [-0.25, -0.2) is 0 Å². The first kappa shape index (κ1) is 15.0. The van der Waals surface area contributed by atoms with E-state index in [1.807, 2.05) is 17.3 Å². The molecule has 0 radical (unpaired) electrons. The summed E-state index contributed by atoms with van der Waals surface area (Å²) in [6, 6.07) is 0.321. The first-order valence-corrected chi connectivity index (χ1v) is 7.52. The van der Waals surface area contributed by atoms with Gasteiger partial charge in [-0.05, 0) is 45.2 Å². The molecule has 1 N–H and O–H groups in total. The van der Waals surface area contributed by atoms with Crippen molar-refractivity contribution in [3.05, 3.63) is 18.0 Å². The minimum Gasteiger partial charge on any atom is -0.340 e. The summed E-state index contributed by atoms with van der Waals surface area (Å²) >= 11 is 0. The van der Waals surface area contributed by atoms with Crippen molar-refractivity contribution >= 4 is 5.91 Å². The van der Waals surface area contributed by atoms with Crippen molar-refractivity contribution in [1.82, 2.24) is 20.0 Å². The van der Waals surface area contributed by atoms with Crippen molar-refractivity contribution in [2.24, 2.45) is 5.92 Å². The van der Waals surface area contributed by atoms with Gasteiger partial charge < -0.3 is 9.80 Å². The number of H-pyrrole nitrogens is 1. The van der Waals surface area contributed by atoms with E-state index in [0.717, 1.165) is 32.5 Å². The maximum Gasteiger partial charge on any atom is 0.222 e. The van der Waals surface area contributed by atoms with Crippen molar-refractivity contribution in [2.45, 2.75) is 39.2 Å². The Morgan fingerprint density at radius 2 is 2.35 bits per heavy atom. The predicted molar refractivity (Wildman–Crippen MR) is 79.4 cm³/mol. The maximum atomic E-state index is 11.9. The van der Waals surface area contributed by atoms with Crippen molar-refractivity contribution in [2.75, 3.05) is 26.7 Å². The lowest BCUT2D eigenvalue weighted by molar-refractivity contribution is -0.136. The number of hydrogen-bond acceptors (Lipinski definition) is 3. The molecule has 2 heterocycles. The van der Waals surface area contributed by atoms with E-state index >= 15 is 0 Å². The zero-order chi connectivity index (χ0) is 14.5. The molecule has 5 heteroatoms. The molecule has 1 aliphatic rings. The van der Waals surface area contributed by atoms with Crippen LogP contribution < -0.4 is 0 Å². The maximum absolute atomic E-state index is 11.9. The lowest BCUT2D eigenvalue weighted by Gasteiger charge is -2.37. The number of likely N-dealkylation sites (tertiary alicyclic amines) is 1. The molecule has 1 saturated heterocycles. The van der Waals surface area contributed by atoms with Crippen LogP contribution >= 0.6 is 0 Å². The average molecular weight is 278 g/mol. The van der Waals surface area contributed by atoms with Crippen molar-refractivity contribution in [1.29, 1.82) is 0 Å². The van der Waals surface area contributed by atoms with E-state index in [9.17, 15) is 4.79 Å². The molecule has 1 aromatic heterocycles. The number of aromatic nitrogens is 2. The Kier molecular flexibility index (Phi) is 5.17. The third-order valence-electron chi connectivity index (χ3n) is 4.07. The summed E-state index contributed by atoms with van der Waals surface area (Å²) < 4.78 is 0. The van der Waals surface area contributed by atoms with Crippen LogP contribution in [0.1, 0.15) is 32.3 Å². The van der Waals surface area contributed by atoms with E-state index in [2.05, 4.69) is 36.0 Å². The molecule has 1 atom stereocenters. The number of carbonyl (C=O) groups excluding carboxylic acids is 1. The van der Waals surface area contributed by atoms with Gasteiger partial charge in [-0.2, -0.15) is 5.10 Å². The molecule has 0 aromatic carbocycles. The monoisotopic (exact) mass is 278 g/mol. The molecule has 1 aliphatic heterocycles. The van der Waals surface area contributed by atoms with Gasteiger partial charge in [0.15, 0.2) is 0 Å². The highest BCUT2D eigenvalue weighted by Gasteiger charge is 2.27. The topological polar surface area (TPSA) is 52.2 Å². The van der Waals surface area contributed by atoms with Crippen LogP contribution in [-0.2, 0) is 11.2 Å². The van der Waals surface area contributed by atoms with Gasteiger partial charge in [-0.3, -0.25) is 9.89 Å². The number of amides is 1. The number of likely N-dealkylation sites (N-methyl/N-ethyl adjacent to an activating group) is 1. The van der Waals surface area contributed by atoms with Gasteiger partial charge in [0.05, 0.1) is 6.20 Å². The molecule has 0 bridgehead atoms. The summed E-state index contributed by atoms with van der Waals surface area (Å²) in [4.78, 5) is 16.2. The molecule has 0 spiro atoms. The van der Waals surface area contributed by atoms with Crippen LogP contribution in [0.5, 0.6) is 0 Å². The Morgan fingerprint density at radius 1 is 1.55 bits per heavy atom. The minimum atomic E-state index is 0.317. The second-order valence-electron chi connectivity index (χ2n) is 6.16. The number of piperidine rings is 1. The van der Waals surface area contributed by atoms with E-state index in [-0.39, 0.29) is 0 Å². The van der Waals surface area contributed by atoms with Crippen LogP contribution in [0.15, 0.2) is 12.4 Å². The molecule has 0 saturated carbocycles. The van der Waals surface area contributed by atoms with Crippen molar-refractivity contribution in [3.63, 3.8) is 0 Å². The van der Waals surface area contributed by atoms with E-state index < -0.39 is 0 Å². The Morgan fingerprint density at radius 3 is 3.00 bits per heavy atom. The smallest absolute Gasteiger partial charge is 0.222 e. The molecule has 2 rings (SSSR count). The Bertz CT molecular complexity index is 416. The van der Waals surface area contributed by atoms with Gasteiger partial charge in [0, 0.05) is 38.3 Å². The lowest BCUT2D eigenvalue weighted by atomic mass is 9.96. The minimum absolute atomic E-state index is 0.317. The summed E-state index contributed by atoms with van der Waals surface area (Å²) in [7, 11) is 2.16. The number of rotatable bonds is 6. The van der Waals surface area contributed by atoms with Crippen molar-refractivity contribution < 1.29 is 4.79 Å². The lowest BCUT2D eigenvalue weighted by Crippen LogP contribution is -2.46. The molecular formula is C15H26N4O. The van der Waals surface area contributed by atoms with Gasteiger partial charge in [-0.15, -0.1) is 0 Å². The van der Waals surface area contributed by atoms with Crippen LogP contribution in [0, 0.1) is 5.92 Å². The van der Waals surface area contributed by atoms with Crippen LogP contribution in [-0.4, -0.2) is 58.6 Å². The van der Waals surface area contributed by atoms with Crippen molar-refractivity contribution in [3.8, 4) is 0 Å². The average Bonchev–Trinajstić information content (AvgIpc) is 2.91. The fourth-order valence-electron chi connectivity index (χ4n) is 2.86. The van der Waals surface area contributed by atoms with E-state index in [4.69, 9.17) is 0 Å².